The molecule has 2 aromatic heterocycles. The van der Waals surface area contributed by atoms with Crippen LogP contribution in [0.5, 0.6) is 5.19 Å². The molecule has 0 aromatic carbocycles. The highest BCUT2D eigenvalue weighted by atomic mass is 32.1. The Morgan fingerprint density at radius 3 is 2.68 bits per heavy atom. The molecule has 10 heteroatoms. The first-order valence-electron chi connectivity index (χ1n) is 13.5. The van der Waals surface area contributed by atoms with Gasteiger partial charge in [0, 0.05) is 43.5 Å². The van der Waals surface area contributed by atoms with E-state index in [0.717, 1.165) is 88.5 Å². The van der Waals surface area contributed by atoms with Crippen LogP contribution in [0.25, 0.3) is 0 Å². The molecule has 0 atom stereocenters. The Kier molecular flexibility index (Phi) is 7.95. The van der Waals surface area contributed by atoms with Crippen molar-refractivity contribution in [3.05, 3.63) is 44.8 Å². The first-order valence-corrected chi connectivity index (χ1v) is 14.3. The van der Waals surface area contributed by atoms with E-state index >= 15 is 0 Å². The van der Waals surface area contributed by atoms with E-state index in [4.69, 9.17) is 4.74 Å². The van der Waals surface area contributed by atoms with Crippen molar-refractivity contribution in [1.82, 2.24) is 19.8 Å². The van der Waals surface area contributed by atoms with Gasteiger partial charge in [-0.05, 0) is 75.8 Å². The minimum Gasteiger partial charge on any atom is -0.464 e. The lowest BCUT2D eigenvalue weighted by atomic mass is 9.84. The summed E-state index contributed by atoms with van der Waals surface area (Å²) in [5.41, 5.74) is 1.33. The molecule has 3 aliphatic rings. The lowest BCUT2D eigenvalue weighted by molar-refractivity contribution is -0.0230. The van der Waals surface area contributed by atoms with Crippen LogP contribution in [0.4, 0.5) is 8.78 Å². The maximum atomic E-state index is 13.1. The third kappa shape index (κ3) is 7.16. The van der Waals surface area contributed by atoms with Crippen LogP contribution < -0.4 is 15.6 Å². The minimum atomic E-state index is -2.86. The van der Waals surface area contributed by atoms with E-state index in [1.165, 1.54) is 17.4 Å². The number of halogens is 2. The third-order valence-corrected chi connectivity index (χ3v) is 8.76. The average molecular weight is 535 g/mol. The van der Waals surface area contributed by atoms with Gasteiger partial charge in [0.15, 0.2) is 6.61 Å². The fraction of sp³-hybridized carbons (Fsp3) is 0.667. The van der Waals surface area contributed by atoms with Crippen molar-refractivity contribution in [3.8, 4) is 5.19 Å². The molecule has 2 aliphatic carbocycles. The largest absolute Gasteiger partial charge is 0.464 e. The van der Waals surface area contributed by atoms with Gasteiger partial charge < -0.3 is 14.6 Å². The molecule has 5 rings (SSSR count). The number of amides is 1. The normalized spacial score (nSPS) is 22.5. The predicted molar refractivity (Wildman–Crippen MR) is 138 cm³/mol. The monoisotopic (exact) mass is 534 g/mol. The summed E-state index contributed by atoms with van der Waals surface area (Å²) >= 11 is 1.39. The number of nitrogens with zero attached hydrogens (tertiary/aromatic N) is 3. The lowest BCUT2D eigenvalue weighted by Gasteiger charge is -2.32. The maximum absolute atomic E-state index is 13.1. The Bertz CT molecular complexity index is 1150. The van der Waals surface area contributed by atoms with Gasteiger partial charge in [0.2, 0.25) is 0 Å². The summed E-state index contributed by atoms with van der Waals surface area (Å²) in [5.74, 6) is -1.85. The Hall–Kier alpha value is -2.33. The minimum absolute atomic E-state index is 0.1000. The Balaban J connectivity index is 1.05. The van der Waals surface area contributed by atoms with Gasteiger partial charge in [0.05, 0.1) is 5.69 Å². The van der Waals surface area contributed by atoms with Crippen molar-refractivity contribution in [2.24, 2.45) is 11.8 Å². The predicted octanol–water partition coefficient (Wildman–Crippen LogP) is 4.49. The van der Waals surface area contributed by atoms with E-state index in [1.54, 1.807) is 16.7 Å². The summed E-state index contributed by atoms with van der Waals surface area (Å²) in [7, 11) is 0. The second-order valence-electron chi connectivity index (χ2n) is 11.0. The molecular formula is C27H36F2N4O3S. The number of hydrogen-bond donors (Lipinski definition) is 1. The zero-order chi connectivity index (χ0) is 26.0. The summed E-state index contributed by atoms with van der Waals surface area (Å²) in [6.07, 6.45) is 8.30. The quantitative estimate of drug-likeness (QED) is 0.486. The molecule has 1 N–H and O–H groups in total. The van der Waals surface area contributed by atoms with Crippen molar-refractivity contribution in [3.63, 3.8) is 0 Å². The molecule has 1 amide bonds. The first kappa shape index (κ1) is 26.3. The number of ether oxygens (including phenoxy) is 1. The third-order valence-electron chi connectivity index (χ3n) is 7.69. The van der Waals surface area contributed by atoms with Gasteiger partial charge in [-0.3, -0.25) is 14.5 Å². The molecule has 3 heterocycles. The van der Waals surface area contributed by atoms with Crippen molar-refractivity contribution in [2.45, 2.75) is 83.3 Å². The van der Waals surface area contributed by atoms with Crippen LogP contribution in [-0.4, -0.2) is 52.0 Å². The molecule has 0 bridgehead atoms. The maximum Gasteiger partial charge on any atom is 0.278 e. The molecule has 7 nitrogen and oxygen atoms in total. The van der Waals surface area contributed by atoms with Gasteiger partial charge in [0.1, 0.15) is 5.69 Å². The topological polar surface area (TPSA) is 76.5 Å². The number of fused-ring (bicyclic) bond motifs is 1. The van der Waals surface area contributed by atoms with Gasteiger partial charge in [-0.2, -0.15) is 0 Å². The van der Waals surface area contributed by atoms with Crippen molar-refractivity contribution >= 4 is 17.2 Å². The number of nitrogens with one attached hydrogen (secondary N) is 1. The van der Waals surface area contributed by atoms with Crippen LogP contribution in [0.3, 0.4) is 0 Å². The van der Waals surface area contributed by atoms with Gasteiger partial charge in [-0.15, -0.1) is 0 Å². The number of rotatable bonds is 10. The van der Waals surface area contributed by atoms with Crippen LogP contribution in [-0.2, 0) is 19.5 Å². The number of pyridine rings is 1. The van der Waals surface area contributed by atoms with Gasteiger partial charge in [-0.1, -0.05) is 17.4 Å². The molecular weight excluding hydrogens is 498 g/mol. The van der Waals surface area contributed by atoms with E-state index in [1.807, 2.05) is 0 Å². The molecule has 2 saturated carbocycles. The number of carbonyl (C=O) groups excluding carboxylic acids is 1. The second-order valence-corrected chi connectivity index (χ2v) is 12.1. The molecule has 37 heavy (non-hydrogen) atoms. The molecule has 0 radical (unpaired) electrons. The fourth-order valence-electron chi connectivity index (χ4n) is 5.36. The summed E-state index contributed by atoms with van der Waals surface area (Å²) in [4.78, 5) is 33.3. The van der Waals surface area contributed by atoms with Gasteiger partial charge >= 0.3 is 0 Å². The van der Waals surface area contributed by atoms with Crippen LogP contribution in [0.1, 0.15) is 72.9 Å². The molecule has 0 unspecified atom stereocenters. The highest BCUT2D eigenvalue weighted by Gasteiger charge is 2.28. The zero-order valence-electron chi connectivity index (χ0n) is 21.4. The van der Waals surface area contributed by atoms with E-state index in [9.17, 15) is 18.4 Å². The Labute approximate surface area is 220 Å². The number of thiazole rings is 1. The standard InChI is InChI=1S/C27H36F2N4O3S/c1-27(28,29)17-36-26-31-21-16-32(14-12-23(21)37-26)13-11-18-7-9-20(10-8-18)30-25(35)22-3-2-4-24(34)33(22)15-19-5-6-19/h2-4,18-20H,5-17H2,1H3,(H,30,35)/t18-,20-. The smallest absolute Gasteiger partial charge is 0.278 e. The van der Waals surface area contributed by atoms with Gasteiger partial charge in [0.25, 0.3) is 22.6 Å². The number of carbonyl (C=O) groups is 1. The number of alkyl halides is 2. The van der Waals surface area contributed by atoms with Crippen LogP contribution in [0, 0.1) is 11.8 Å². The fourth-order valence-corrected chi connectivity index (χ4v) is 6.26. The molecule has 0 saturated heterocycles. The Morgan fingerprint density at radius 1 is 1.19 bits per heavy atom. The molecule has 1 aliphatic heterocycles. The molecule has 2 aromatic rings. The van der Waals surface area contributed by atoms with Crippen LogP contribution in [0.15, 0.2) is 23.0 Å². The summed E-state index contributed by atoms with van der Waals surface area (Å²) < 4.78 is 33.0. The second kappa shape index (κ2) is 11.2. The molecule has 0 spiro atoms. The molecule has 202 valence electrons. The average Bonchev–Trinajstić information content (AvgIpc) is 3.59. The number of aromatic nitrogens is 2. The lowest BCUT2D eigenvalue weighted by Crippen LogP contribution is -2.40. The van der Waals surface area contributed by atoms with Crippen molar-refractivity contribution < 1.29 is 18.3 Å². The SMILES string of the molecule is CC(F)(F)COc1nc2c(s1)CCN(CC[C@H]1CC[C@H](NC(=O)c3cccc(=O)n3CC3CC3)CC1)C2. The summed E-state index contributed by atoms with van der Waals surface area (Å²) in [6, 6.07) is 5.10. The van der Waals surface area contributed by atoms with Gasteiger partial charge in [-0.25, -0.2) is 13.8 Å². The van der Waals surface area contributed by atoms with E-state index < -0.39 is 12.5 Å². The van der Waals surface area contributed by atoms with E-state index in [2.05, 4.69) is 15.2 Å². The van der Waals surface area contributed by atoms with Crippen LogP contribution >= 0.6 is 11.3 Å². The van der Waals surface area contributed by atoms with Crippen LogP contribution in [0.2, 0.25) is 0 Å². The molecule has 2 fully saturated rings. The summed E-state index contributed by atoms with van der Waals surface area (Å²) in [5, 5.41) is 3.52. The highest BCUT2D eigenvalue weighted by molar-refractivity contribution is 7.13. The number of hydrogen-bond acceptors (Lipinski definition) is 6. The summed E-state index contributed by atoms with van der Waals surface area (Å²) in [6.45, 7) is 3.52. The Morgan fingerprint density at radius 2 is 1.95 bits per heavy atom. The zero-order valence-corrected chi connectivity index (χ0v) is 22.2. The first-order chi connectivity index (χ1) is 17.7. The van der Waals surface area contributed by atoms with Crippen molar-refractivity contribution in [2.75, 3.05) is 19.7 Å². The van der Waals surface area contributed by atoms with E-state index in [0.29, 0.717) is 29.3 Å². The highest BCUT2D eigenvalue weighted by Crippen LogP contribution is 2.33. The van der Waals surface area contributed by atoms with E-state index in [-0.39, 0.29) is 17.5 Å². The van der Waals surface area contributed by atoms with Crippen molar-refractivity contribution in [1.29, 1.82) is 0 Å².